The molecule has 4 heteroatoms. The topological polar surface area (TPSA) is 70.5 Å². The van der Waals surface area contributed by atoms with Crippen LogP contribution in [-0.2, 0) is 10.8 Å². The van der Waals surface area contributed by atoms with Gasteiger partial charge in [-0.1, -0.05) is 39.0 Å². The summed E-state index contributed by atoms with van der Waals surface area (Å²) in [7, 11) is 0. The lowest BCUT2D eigenvalue weighted by Crippen LogP contribution is -2.23. The average Bonchev–Trinajstić information content (AvgIpc) is 3.03. The first-order chi connectivity index (χ1) is 16.2. The van der Waals surface area contributed by atoms with Crippen LogP contribution >= 0.6 is 0 Å². The number of fused-ring (bicyclic) bond motifs is 1. The molecule has 172 valence electrons. The minimum atomic E-state index is -0.140. The fourth-order valence-electron chi connectivity index (χ4n) is 5.20. The fraction of sp³-hybridized carbons (Fsp3) is 0.200. The Hall–Kier alpha value is -3.92. The Morgan fingerprint density at radius 1 is 0.559 bits per heavy atom. The van der Waals surface area contributed by atoms with Crippen molar-refractivity contribution < 1.29 is 9.47 Å². The average molecular weight is 451 g/mol. The van der Waals surface area contributed by atoms with E-state index in [1.165, 1.54) is 16.7 Å². The molecule has 0 aliphatic heterocycles. The van der Waals surface area contributed by atoms with Crippen molar-refractivity contribution in [3.63, 3.8) is 0 Å². The number of rotatable bonds is 5. The van der Waals surface area contributed by atoms with Crippen LogP contribution in [-0.4, -0.2) is 0 Å². The van der Waals surface area contributed by atoms with Crippen LogP contribution in [0, 0.1) is 0 Å². The number of nitrogens with two attached hydrogens (primary N) is 2. The lowest BCUT2D eigenvalue weighted by Gasteiger charge is -2.28. The van der Waals surface area contributed by atoms with E-state index >= 15 is 0 Å². The van der Waals surface area contributed by atoms with E-state index in [0.717, 1.165) is 40.8 Å². The molecule has 5 rings (SSSR count). The van der Waals surface area contributed by atoms with Crippen molar-refractivity contribution in [2.24, 2.45) is 0 Å². The summed E-state index contributed by atoms with van der Waals surface area (Å²) >= 11 is 0. The van der Waals surface area contributed by atoms with E-state index in [9.17, 15) is 0 Å². The van der Waals surface area contributed by atoms with Crippen LogP contribution < -0.4 is 20.9 Å². The predicted molar refractivity (Wildman–Crippen MR) is 139 cm³/mol. The molecule has 0 spiro atoms. The molecular weight excluding hydrogens is 420 g/mol. The van der Waals surface area contributed by atoms with Gasteiger partial charge in [0.05, 0.1) is 0 Å². The molecule has 0 saturated carbocycles. The summed E-state index contributed by atoms with van der Waals surface area (Å²) in [5.41, 5.74) is 16.9. The van der Waals surface area contributed by atoms with Gasteiger partial charge in [-0.05, 0) is 101 Å². The molecule has 1 aliphatic carbocycles. The zero-order valence-corrected chi connectivity index (χ0v) is 19.8. The number of hydrogen-bond acceptors (Lipinski definition) is 4. The maximum Gasteiger partial charge on any atom is 0.127 e. The summed E-state index contributed by atoms with van der Waals surface area (Å²) in [6.45, 7) is 6.95. The first-order valence-electron chi connectivity index (χ1n) is 11.6. The van der Waals surface area contributed by atoms with Gasteiger partial charge in [-0.15, -0.1) is 0 Å². The first kappa shape index (κ1) is 21.9. The third-order valence-corrected chi connectivity index (χ3v) is 6.83. The van der Waals surface area contributed by atoms with E-state index in [1.807, 2.05) is 60.7 Å². The fourth-order valence-corrected chi connectivity index (χ4v) is 5.20. The second-order valence-corrected chi connectivity index (χ2v) is 9.97. The van der Waals surface area contributed by atoms with Gasteiger partial charge in [0.15, 0.2) is 0 Å². The minimum absolute atomic E-state index is 0.0585. The van der Waals surface area contributed by atoms with Crippen LogP contribution in [0.3, 0.4) is 0 Å². The zero-order valence-electron chi connectivity index (χ0n) is 19.8. The molecule has 0 amide bonds. The normalized spacial score (nSPS) is 18.3. The van der Waals surface area contributed by atoms with Gasteiger partial charge in [0.1, 0.15) is 23.0 Å². The lowest BCUT2D eigenvalue weighted by molar-refractivity contribution is 0.423. The molecule has 1 aliphatic rings. The van der Waals surface area contributed by atoms with Gasteiger partial charge in [-0.25, -0.2) is 0 Å². The van der Waals surface area contributed by atoms with Crippen LogP contribution in [0.1, 0.15) is 43.9 Å². The summed E-state index contributed by atoms with van der Waals surface area (Å²) < 4.78 is 12.2. The highest BCUT2D eigenvalue weighted by molar-refractivity contribution is 5.55. The van der Waals surface area contributed by atoms with Crippen LogP contribution in [0.5, 0.6) is 23.0 Å². The third-order valence-electron chi connectivity index (χ3n) is 6.83. The van der Waals surface area contributed by atoms with Crippen LogP contribution in [0.2, 0.25) is 0 Å². The van der Waals surface area contributed by atoms with Gasteiger partial charge in [-0.2, -0.15) is 0 Å². The Kier molecular flexibility index (Phi) is 5.24. The predicted octanol–water partition coefficient (Wildman–Crippen LogP) is 7.42. The molecule has 4 N–H and O–H groups in total. The molecule has 0 bridgehead atoms. The van der Waals surface area contributed by atoms with E-state index in [-0.39, 0.29) is 10.8 Å². The molecule has 0 saturated heterocycles. The molecule has 34 heavy (non-hydrogen) atoms. The van der Waals surface area contributed by atoms with E-state index in [1.54, 1.807) is 0 Å². The van der Waals surface area contributed by atoms with Crippen LogP contribution in [0.4, 0.5) is 11.4 Å². The van der Waals surface area contributed by atoms with Gasteiger partial charge in [0.25, 0.3) is 0 Å². The first-order valence-corrected chi connectivity index (χ1v) is 11.6. The summed E-state index contributed by atoms with van der Waals surface area (Å²) in [5.74, 6) is 3.17. The molecule has 0 radical (unpaired) electrons. The second-order valence-electron chi connectivity index (χ2n) is 9.97. The van der Waals surface area contributed by atoms with Gasteiger partial charge < -0.3 is 20.9 Å². The van der Waals surface area contributed by atoms with Crippen molar-refractivity contribution in [2.75, 3.05) is 11.5 Å². The summed E-state index contributed by atoms with van der Waals surface area (Å²) in [5, 5.41) is 0. The van der Waals surface area contributed by atoms with E-state index in [0.29, 0.717) is 0 Å². The number of benzene rings is 4. The lowest BCUT2D eigenvalue weighted by atomic mass is 9.75. The van der Waals surface area contributed by atoms with Crippen molar-refractivity contribution in [2.45, 2.75) is 38.0 Å². The Bertz CT molecular complexity index is 1310. The molecule has 0 heterocycles. The van der Waals surface area contributed by atoms with Crippen molar-refractivity contribution >= 4 is 11.4 Å². The van der Waals surface area contributed by atoms with Crippen molar-refractivity contribution in [3.05, 3.63) is 108 Å². The van der Waals surface area contributed by atoms with Crippen molar-refractivity contribution in [3.8, 4) is 23.0 Å². The monoisotopic (exact) mass is 450 g/mol. The quantitative estimate of drug-likeness (QED) is 0.310. The van der Waals surface area contributed by atoms with Gasteiger partial charge in [-0.3, -0.25) is 0 Å². The Labute approximate surface area is 201 Å². The third kappa shape index (κ3) is 4.08. The highest BCUT2D eigenvalue weighted by Crippen LogP contribution is 2.53. The maximum atomic E-state index is 6.17. The van der Waals surface area contributed by atoms with E-state index in [4.69, 9.17) is 20.9 Å². The molecule has 4 aromatic rings. The van der Waals surface area contributed by atoms with E-state index < -0.39 is 0 Å². The largest absolute Gasteiger partial charge is 0.457 e. The Balaban J connectivity index is 1.45. The van der Waals surface area contributed by atoms with E-state index in [2.05, 4.69) is 51.1 Å². The summed E-state index contributed by atoms with van der Waals surface area (Å²) in [4.78, 5) is 0. The number of anilines is 2. The van der Waals surface area contributed by atoms with Gasteiger partial charge >= 0.3 is 0 Å². The van der Waals surface area contributed by atoms with Crippen molar-refractivity contribution in [1.82, 2.24) is 0 Å². The standard InChI is InChI=1S/C30H30N2O2/c1-29(2)19-30(3,20-4-10-23(11-5-20)33-24-12-6-21(31)7-13-24)28-18-26(16-17-27(28)29)34-25-14-8-22(32)9-15-25/h4-18H,19,31-32H2,1-3H3. The molecule has 1 unspecified atom stereocenters. The second kappa shape index (κ2) is 8.14. The number of hydrogen-bond donors (Lipinski definition) is 2. The molecular formula is C30H30N2O2. The molecule has 4 aromatic carbocycles. The SMILES string of the molecule is CC1(C)CC(C)(c2ccc(Oc3ccc(N)cc3)cc2)c2cc(Oc3ccc(N)cc3)ccc21. The Morgan fingerprint density at radius 2 is 1.00 bits per heavy atom. The van der Waals surface area contributed by atoms with Crippen LogP contribution in [0.15, 0.2) is 91.0 Å². The molecule has 4 nitrogen and oxygen atoms in total. The minimum Gasteiger partial charge on any atom is -0.457 e. The number of nitrogen functional groups attached to an aromatic ring is 2. The highest BCUT2D eigenvalue weighted by Gasteiger charge is 2.45. The van der Waals surface area contributed by atoms with Gasteiger partial charge in [0.2, 0.25) is 0 Å². The zero-order chi connectivity index (χ0) is 23.9. The smallest absolute Gasteiger partial charge is 0.127 e. The molecule has 0 fully saturated rings. The summed E-state index contributed by atoms with van der Waals surface area (Å²) in [6, 6.07) is 29.8. The molecule has 1 atom stereocenters. The number of ether oxygens (including phenoxy) is 2. The van der Waals surface area contributed by atoms with Crippen LogP contribution in [0.25, 0.3) is 0 Å². The Morgan fingerprint density at radius 3 is 1.53 bits per heavy atom. The van der Waals surface area contributed by atoms with Crippen molar-refractivity contribution in [1.29, 1.82) is 0 Å². The molecule has 0 aromatic heterocycles. The maximum absolute atomic E-state index is 6.17. The summed E-state index contributed by atoms with van der Waals surface area (Å²) in [6.07, 6.45) is 1.01. The van der Waals surface area contributed by atoms with Gasteiger partial charge in [0, 0.05) is 16.8 Å². The highest BCUT2D eigenvalue weighted by atomic mass is 16.5.